The Labute approximate surface area is 140 Å². The number of nitrogens with zero attached hydrogens (tertiary/aromatic N) is 5. The van der Waals surface area contributed by atoms with E-state index in [1.807, 2.05) is 23.6 Å². The molecule has 2 aromatic heterocycles. The minimum absolute atomic E-state index is 0.386. The number of imidazole rings is 1. The number of likely N-dealkylation sites (N-methyl/N-ethyl adjacent to an activating group) is 1. The van der Waals surface area contributed by atoms with Crippen molar-refractivity contribution in [3.63, 3.8) is 0 Å². The summed E-state index contributed by atoms with van der Waals surface area (Å²) in [4.78, 5) is 35.8. The molecule has 0 radical (unpaired) electrons. The quantitative estimate of drug-likeness (QED) is 0.806. The predicted molar refractivity (Wildman–Crippen MR) is 94.7 cm³/mol. The van der Waals surface area contributed by atoms with Crippen LogP contribution in [-0.2, 0) is 13.6 Å². The van der Waals surface area contributed by atoms with Gasteiger partial charge in [0.25, 0.3) is 5.56 Å². The van der Waals surface area contributed by atoms with Gasteiger partial charge in [-0.1, -0.05) is 19.1 Å². The number of rotatable bonds is 4. The van der Waals surface area contributed by atoms with Crippen LogP contribution < -0.4 is 16.1 Å². The van der Waals surface area contributed by atoms with Crippen molar-refractivity contribution in [1.29, 1.82) is 0 Å². The number of nitrogens with one attached hydrogen (secondary N) is 1. The van der Waals surface area contributed by atoms with Gasteiger partial charge in [0, 0.05) is 39.8 Å². The molecule has 0 saturated carbocycles. The van der Waals surface area contributed by atoms with E-state index in [4.69, 9.17) is 0 Å². The molecule has 8 nitrogen and oxygen atoms in total. The number of hydrogen-bond donors (Lipinski definition) is 1. The van der Waals surface area contributed by atoms with Gasteiger partial charge in [0.05, 0.1) is 0 Å². The molecular formula is C16H24N6O2. The molecule has 0 spiro atoms. The van der Waals surface area contributed by atoms with Crippen LogP contribution in [0, 0.1) is 0 Å². The van der Waals surface area contributed by atoms with Crippen molar-refractivity contribution < 1.29 is 0 Å². The number of fused-ring (bicyclic) bond motifs is 1. The van der Waals surface area contributed by atoms with Crippen molar-refractivity contribution in [3.05, 3.63) is 33.0 Å². The molecule has 0 aromatic carbocycles. The van der Waals surface area contributed by atoms with E-state index in [0.29, 0.717) is 17.7 Å². The van der Waals surface area contributed by atoms with Gasteiger partial charge in [-0.05, 0) is 13.5 Å². The first-order valence-electron chi connectivity index (χ1n) is 8.34. The number of aryl methyl sites for hydroxylation is 1. The number of aromatic amines is 1. The van der Waals surface area contributed by atoms with E-state index in [-0.39, 0.29) is 5.56 Å². The van der Waals surface area contributed by atoms with Crippen molar-refractivity contribution in [2.24, 2.45) is 7.05 Å². The van der Waals surface area contributed by atoms with Crippen LogP contribution in [0.3, 0.4) is 0 Å². The van der Waals surface area contributed by atoms with Crippen LogP contribution >= 0.6 is 0 Å². The number of piperazine rings is 1. The van der Waals surface area contributed by atoms with Gasteiger partial charge < -0.3 is 14.4 Å². The maximum Gasteiger partial charge on any atom is 0.329 e. The molecule has 8 heteroatoms. The van der Waals surface area contributed by atoms with Crippen LogP contribution in [-0.4, -0.2) is 56.7 Å². The average Bonchev–Trinajstić information content (AvgIpc) is 2.98. The molecule has 0 amide bonds. The summed E-state index contributed by atoms with van der Waals surface area (Å²) in [5.41, 5.74) is 0.0541. The van der Waals surface area contributed by atoms with E-state index in [1.165, 1.54) is 4.57 Å². The summed E-state index contributed by atoms with van der Waals surface area (Å²) in [6.45, 7) is 9.36. The molecule has 0 bridgehead atoms. The molecule has 0 atom stereocenters. The third-order valence-corrected chi connectivity index (χ3v) is 4.61. The normalized spacial score (nSPS) is 16.5. The molecule has 1 N–H and O–H groups in total. The highest BCUT2D eigenvalue weighted by atomic mass is 16.2. The third kappa shape index (κ3) is 2.77. The third-order valence-electron chi connectivity index (χ3n) is 4.61. The maximum atomic E-state index is 12.3. The molecule has 3 rings (SSSR count). The van der Waals surface area contributed by atoms with E-state index >= 15 is 0 Å². The second-order valence-electron chi connectivity index (χ2n) is 6.00. The smallest absolute Gasteiger partial charge is 0.329 e. The number of anilines is 1. The van der Waals surface area contributed by atoms with Crippen LogP contribution in [0.5, 0.6) is 0 Å². The van der Waals surface area contributed by atoms with Gasteiger partial charge in [0.2, 0.25) is 5.95 Å². The van der Waals surface area contributed by atoms with Crippen LogP contribution in [0.1, 0.15) is 13.8 Å². The summed E-state index contributed by atoms with van der Waals surface area (Å²) in [5.74, 6) is 0.755. The highest BCUT2D eigenvalue weighted by Gasteiger charge is 2.23. The standard InChI is InChI=1S/C16H24N6O2/c1-4-6-7-22-12-13(19(3)16(24)18-14(12)23)17-15(22)21-10-8-20(5-2)9-11-21/h4,6H,5,7-11H2,1-3H3,(H,18,23,24)/b6-4-. The Morgan fingerprint density at radius 1 is 1.21 bits per heavy atom. The fourth-order valence-electron chi connectivity index (χ4n) is 3.11. The molecular weight excluding hydrogens is 308 g/mol. The Balaban J connectivity index is 2.13. The summed E-state index contributed by atoms with van der Waals surface area (Å²) in [6.07, 6.45) is 3.93. The van der Waals surface area contributed by atoms with Crippen molar-refractivity contribution in [2.45, 2.75) is 20.4 Å². The topological polar surface area (TPSA) is 79.2 Å². The zero-order valence-corrected chi connectivity index (χ0v) is 14.4. The fraction of sp³-hybridized carbons (Fsp3) is 0.562. The van der Waals surface area contributed by atoms with Crippen LogP contribution in [0.15, 0.2) is 21.7 Å². The number of aromatic nitrogens is 4. The van der Waals surface area contributed by atoms with E-state index in [2.05, 4.69) is 26.7 Å². The second kappa shape index (κ2) is 6.64. The molecule has 1 fully saturated rings. The Kier molecular flexibility index (Phi) is 4.57. The molecule has 1 aliphatic heterocycles. The molecule has 24 heavy (non-hydrogen) atoms. The highest BCUT2D eigenvalue weighted by Crippen LogP contribution is 2.20. The minimum atomic E-state index is -0.439. The van der Waals surface area contributed by atoms with Gasteiger partial charge in [-0.15, -0.1) is 0 Å². The Bertz CT molecular complexity index is 867. The first kappa shape index (κ1) is 16.5. The van der Waals surface area contributed by atoms with Crippen LogP contribution in [0.25, 0.3) is 11.2 Å². The largest absolute Gasteiger partial charge is 0.340 e. The highest BCUT2D eigenvalue weighted by molar-refractivity contribution is 5.74. The lowest BCUT2D eigenvalue weighted by Gasteiger charge is -2.34. The zero-order valence-electron chi connectivity index (χ0n) is 14.4. The summed E-state index contributed by atoms with van der Waals surface area (Å²) in [7, 11) is 1.63. The zero-order chi connectivity index (χ0) is 17.3. The van der Waals surface area contributed by atoms with Crippen molar-refractivity contribution in [1.82, 2.24) is 24.0 Å². The summed E-state index contributed by atoms with van der Waals surface area (Å²) < 4.78 is 3.30. The Hall–Kier alpha value is -2.35. The fourth-order valence-corrected chi connectivity index (χ4v) is 3.11. The van der Waals surface area contributed by atoms with E-state index in [9.17, 15) is 9.59 Å². The summed E-state index contributed by atoms with van der Waals surface area (Å²) in [5, 5.41) is 0. The lowest BCUT2D eigenvalue weighted by Crippen LogP contribution is -2.47. The van der Waals surface area contributed by atoms with Gasteiger partial charge >= 0.3 is 5.69 Å². The first-order valence-corrected chi connectivity index (χ1v) is 8.34. The van der Waals surface area contributed by atoms with E-state index in [0.717, 1.165) is 38.7 Å². The number of allylic oxidation sites excluding steroid dienone is 2. The average molecular weight is 332 g/mol. The molecule has 0 aliphatic carbocycles. The lowest BCUT2D eigenvalue weighted by atomic mass is 10.3. The molecule has 130 valence electrons. The molecule has 3 heterocycles. The SMILES string of the molecule is C/C=C\Cn1c(N2CCN(CC)CC2)nc2c1c(=O)[nH]c(=O)n2C. The summed E-state index contributed by atoms with van der Waals surface area (Å²) >= 11 is 0. The molecule has 2 aromatic rings. The maximum absolute atomic E-state index is 12.3. The first-order chi connectivity index (χ1) is 11.6. The molecule has 1 saturated heterocycles. The van der Waals surface area contributed by atoms with Gasteiger partial charge in [-0.3, -0.25) is 14.3 Å². The summed E-state index contributed by atoms with van der Waals surface area (Å²) in [6, 6.07) is 0. The molecule has 0 unspecified atom stereocenters. The van der Waals surface area contributed by atoms with Crippen LogP contribution in [0.4, 0.5) is 5.95 Å². The Morgan fingerprint density at radius 3 is 2.54 bits per heavy atom. The van der Waals surface area contributed by atoms with Crippen molar-refractivity contribution in [2.75, 3.05) is 37.6 Å². The van der Waals surface area contributed by atoms with Gasteiger partial charge in [0.1, 0.15) is 0 Å². The van der Waals surface area contributed by atoms with Gasteiger partial charge in [-0.25, -0.2) is 4.79 Å². The van der Waals surface area contributed by atoms with Gasteiger partial charge in [-0.2, -0.15) is 4.98 Å². The van der Waals surface area contributed by atoms with E-state index in [1.54, 1.807) is 7.05 Å². The van der Waals surface area contributed by atoms with Crippen molar-refractivity contribution >= 4 is 17.1 Å². The minimum Gasteiger partial charge on any atom is -0.340 e. The predicted octanol–water partition coefficient (Wildman–Crippen LogP) is 0.141. The Morgan fingerprint density at radius 2 is 1.92 bits per heavy atom. The van der Waals surface area contributed by atoms with Gasteiger partial charge in [0.15, 0.2) is 11.2 Å². The van der Waals surface area contributed by atoms with Crippen LogP contribution in [0.2, 0.25) is 0 Å². The number of H-pyrrole nitrogens is 1. The number of hydrogen-bond acceptors (Lipinski definition) is 5. The van der Waals surface area contributed by atoms with E-state index < -0.39 is 5.69 Å². The monoisotopic (exact) mass is 332 g/mol. The lowest BCUT2D eigenvalue weighted by molar-refractivity contribution is 0.269. The second-order valence-corrected chi connectivity index (χ2v) is 6.00. The van der Waals surface area contributed by atoms with Crippen molar-refractivity contribution in [3.8, 4) is 0 Å². The molecule has 1 aliphatic rings.